The van der Waals surface area contributed by atoms with Crippen molar-refractivity contribution < 1.29 is 4.11 Å². The summed E-state index contributed by atoms with van der Waals surface area (Å²) < 4.78 is 27.6. The van der Waals surface area contributed by atoms with Crippen LogP contribution in [0.5, 0.6) is 0 Å². The Labute approximate surface area is 396 Å². The van der Waals surface area contributed by atoms with Crippen LogP contribution in [0.15, 0.2) is 103 Å². The van der Waals surface area contributed by atoms with E-state index in [9.17, 15) is 4.11 Å². The van der Waals surface area contributed by atoms with Crippen molar-refractivity contribution in [1.82, 2.24) is 0 Å². The largest absolute Gasteiger partial charge is 0.311 e. The second kappa shape index (κ2) is 13.8. The van der Waals surface area contributed by atoms with Gasteiger partial charge in [-0.25, -0.2) is 0 Å². The Bertz CT molecular complexity index is 3090. The van der Waals surface area contributed by atoms with Crippen LogP contribution in [0.25, 0.3) is 11.1 Å². The Balaban J connectivity index is 1.29. The van der Waals surface area contributed by atoms with E-state index in [1.807, 2.05) is 12.1 Å². The normalized spacial score (nSPS) is 21.6. The van der Waals surface area contributed by atoms with E-state index in [2.05, 4.69) is 191 Å². The Morgan fingerprint density at radius 3 is 1.49 bits per heavy atom. The fourth-order valence-corrected chi connectivity index (χ4v) is 13.1. The lowest BCUT2D eigenvalue weighted by molar-refractivity contribution is 0.331. The molecule has 0 aromatic heterocycles. The number of rotatable bonds is 3. The van der Waals surface area contributed by atoms with Crippen LogP contribution in [0.4, 0.5) is 34.1 Å². The van der Waals surface area contributed by atoms with Crippen LogP contribution in [0.2, 0.25) is 0 Å². The first-order valence-corrected chi connectivity index (χ1v) is 24.7. The molecule has 2 aliphatic heterocycles. The van der Waals surface area contributed by atoms with E-state index in [0.29, 0.717) is 5.56 Å². The van der Waals surface area contributed by atoms with Crippen LogP contribution in [0.1, 0.15) is 170 Å². The molecule has 65 heavy (non-hydrogen) atoms. The fraction of sp³-hybridized carbons (Fsp3) is 0.419. The van der Waals surface area contributed by atoms with Crippen LogP contribution >= 0.6 is 0 Å². The van der Waals surface area contributed by atoms with Gasteiger partial charge in [0.2, 0.25) is 0 Å². The predicted molar refractivity (Wildman–Crippen MR) is 281 cm³/mol. The molecule has 5 aliphatic rings. The highest BCUT2D eigenvalue weighted by Gasteiger charge is 2.48. The van der Waals surface area contributed by atoms with Gasteiger partial charge in [-0.05, 0) is 199 Å². The summed E-state index contributed by atoms with van der Waals surface area (Å²) in [5.41, 5.74) is 22.5. The van der Waals surface area contributed by atoms with Crippen LogP contribution in [-0.2, 0) is 32.5 Å². The molecule has 0 amide bonds. The molecule has 2 nitrogen and oxygen atoms in total. The minimum absolute atomic E-state index is 0.0132. The number of fused-ring (bicyclic) bond motifs is 7. The van der Waals surface area contributed by atoms with E-state index in [0.717, 1.165) is 78.1 Å². The van der Waals surface area contributed by atoms with E-state index >= 15 is 0 Å². The molecule has 11 rings (SSSR count). The van der Waals surface area contributed by atoms with Gasteiger partial charge < -0.3 is 9.80 Å². The molecule has 0 atom stereocenters. The molecule has 0 spiro atoms. The molecule has 0 radical (unpaired) electrons. The summed E-state index contributed by atoms with van der Waals surface area (Å²) in [6.07, 6.45) is 6.72. The van der Waals surface area contributed by atoms with Crippen molar-refractivity contribution in [2.75, 3.05) is 9.80 Å². The first-order valence-electron chi connectivity index (χ1n) is 26.2. The van der Waals surface area contributed by atoms with Crippen LogP contribution in [-0.4, -0.2) is 6.71 Å². The average molecular weight is 858 g/mol. The third-order valence-electron chi connectivity index (χ3n) is 17.7. The zero-order chi connectivity index (χ0) is 48.5. The van der Waals surface area contributed by atoms with Crippen molar-refractivity contribution in [2.24, 2.45) is 0 Å². The van der Waals surface area contributed by atoms with Gasteiger partial charge in [-0.2, -0.15) is 0 Å². The molecule has 0 fully saturated rings. The van der Waals surface area contributed by atoms with Gasteiger partial charge in [0.25, 0.3) is 6.71 Å². The standard InChI is InChI=1S/C62H71BN2/c1-38-30-54-56-55(31-38)65(51-36-47-44(32-39(51)2)58(5,6)26-28-61(47,11)12)53-37-48-46(60(9,10)27-29-62(48,13)14)35-50(53)63(56)49-23-20-41(40-18-16-15-17-19-40)33-52(49)64(54)42-21-22-43-45(34-42)59(7,8)25-24-57(43,3)4/h15-23,30-37H,24-29H2,1-14H3/i1D3. The van der Waals surface area contributed by atoms with Gasteiger partial charge in [0.05, 0.1) is 0 Å². The topological polar surface area (TPSA) is 6.48 Å². The van der Waals surface area contributed by atoms with Gasteiger partial charge >= 0.3 is 0 Å². The summed E-state index contributed by atoms with van der Waals surface area (Å²) in [6, 6.07) is 39.2. The summed E-state index contributed by atoms with van der Waals surface area (Å²) >= 11 is 0. The zero-order valence-electron chi connectivity index (χ0n) is 44.5. The third-order valence-corrected chi connectivity index (χ3v) is 17.7. The van der Waals surface area contributed by atoms with Gasteiger partial charge in [-0.3, -0.25) is 0 Å². The van der Waals surface area contributed by atoms with Crippen molar-refractivity contribution in [3.63, 3.8) is 0 Å². The molecule has 3 aliphatic carbocycles. The summed E-state index contributed by atoms with van der Waals surface area (Å²) in [4.78, 5) is 4.97. The SMILES string of the molecule is [2H]C([2H])([2H])c1cc2c3c(c1)N(c1cc4c(cc1C)C(C)(C)CCC4(C)C)c1cc4c(cc1B3c1ccc(-c3ccccc3)cc1N2c1ccc2c(c1)C(C)(C)CCC2(C)C)C(C)(C)CCC4(C)C. The zero-order valence-corrected chi connectivity index (χ0v) is 41.5. The van der Waals surface area contributed by atoms with Crippen molar-refractivity contribution in [2.45, 2.75) is 168 Å². The van der Waals surface area contributed by atoms with Gasteiger partial charge in [-0.15, -0.1) is 0 Å². The smallest absolute Gasteiger partial charge is 0.252 e. The van der Waals surface area contributed by atoms with E-state index in [-0.39, 0.29) is 39.2 Å². The average Bonchev–Trinajstić information content (AvgIpc) is 3.27. The number of anilines is 6. The molecular weight excluding hydrogens is 784 g/mol. The fourth-order valence-electron chi connectivity index (χ4n) is 13.1. The molecule has 332 valence electrons. The second-order valence-electron chi connectivity index (χ2n) is 24.8. The first kappa shape index (κ1) is 39.2. The Hall–Kier alpha value is -5.02. The maximum Gasteiger partial charge on any atom is 0.252 e. The molecule has 6 aromatic rings. The van der Waals surface area contributed by atoms with Crippen LogP contribution < -0.4 is 26.2 Å². The van der Waals surface area contributed by atoms with Gasteiger partial charge in [-0.1, -0.05) is 144 Å². The highest BCUT2D eigenvalue weighted by molar-refractivity contribution is 7.00. The first-order chi connectivity index (χ1) is 31.7. The van der Waals surface area contributed by atoms with Gasteiger partial charge in [0.1, 0.15) is 0 Å². The van der Waals surface area contributed by atoms with Crippen LogP contribution in [0, 0.1) is 13.8 Å². The molecule has 3 heteroatoms. The quantitative estimate of drug-likeness (QED) is 0.163. The van der Waals surface area contributed by atoms with E-state index in [1.54, 1.807) is 0 Å². The second-order valence-corrected chi connectivity index (χ2v) is 24.8. The van der Waals surface area contributed by atoms with Crippen molar-refractivity contribution >= 4 is 57.2 Å². The number of aryl methyl sites for hydroxylation is 2. The summed E-state index contributed by atoms with van der Waals surface area (Å²) in [5, 5.41) is 0. The van der Waals surface area contributed by atoms with Gasteiger partial charge in [0.15, 0.2) is 0 Å². The number of benzene rings is 6. The molecule has 0 N–H and O–H groups in total. The summed E-state index contributed by atoms with van der Waals surface area (Å²) in [5.74, 6) is 0. The molecular formula is C62H71BN2. The van der Waals surface area contributed by atoms with E-state index in [4.69, 9.17) is 0 Å². The molecule has 0 bridgehead atoms. The highest BCUT2D eigenvalue weighted by Crippen LogP contribution is 2.54. The number of hydrogen-bond donors (Lipinski definition) is 0. The maximum atomic E-state index is 9.21. The molecule has 2 heterocycles. The van der Waals surface area contributed by atoms with Crippen LogP contribution in [0.3, 0.4) is 0 Å². The Morgan fingerprint density at radius 2 is 0.908 bits per heavy atom. The Kier molecular flexibility index (Phi) is 8.30. The number of hydrogen-bond acceptors (Lipinski definition) is 2. The van der Waals surface area contributed by atoms with E-state index in [1.165, 1.54) is 61.0 Å². The minimum atomic E-state index is -2.36. The van der Waals surface area contributed by atoms with Crippen molar-refractivity contribution in [3.8, 4) is 11.1 Å². The summed E-state index contributed by atoms with van der Waals surface area (Å²) in [6.45, 7) is 28.7. The van der Waals surface area contributed by atoms with Crippen molar-refractivity contribution in [1.29, 1.82) is 0 Å². The van der Waals surface area contributed by atoms with E-state index < -0.39 is 6.85 Å². The lowest BCUT2D eigenvalue weighted by Crippen LogP contribution is -2.62. The molecule has 0 saturated carbocycles. The maximum absolute atomic E-state index is 9.21. The number of nitrogens with zero attached hydrogens (tertiary/aromatic N) is 2. The monoisotopic (exact) mass is 858 g/mol. The lowest BCUT2D eigenvalue weighted by Gasteiger charge is -2.48. The summed E-state index contributed by atoms with van der Waals surface area (Å²) in [7, 11) is 0. The molecule has 0 unspecified atom stereocenters. The third kappa shape index (κ3) is 6.33. The Morgan fingerprint density at radius 1 is 0.415 bits per heavy atom. The predicted octanol–water partition coefficient (Wildman–Crippen LogP) is 15.1. The van der Waals surface area contributed by atoms with Crippen molar-refractivity contribution in [3.05, 3.63) is 148 Å². The minimum Gasteiger partial charge on any atom is -0.311 e. The van der Waals surface area contributed by atoms with Gasteiger partial charge in [0, 0.05) is 38.2 Å². The molecule has 6 aromatic carbocycles. The molecule has 0 saturated heterocycles. The lowest BCUT2D eigenvalue weighted by atomic mass is 9.33. The highest BCUT2D eigenvalue weighted by atomic mass is 15.2.